The number of anilines is 1. The van der Waals surface area contributed by atoms with Crippen LogP contribution in [0, 0.1) is 13.8 Å². The van der Waals surface area contributed by atoms with E-state index in [1.807, 2.05) is 56.3 Å². The summed E-state index contributed by atoms with van der Waals surface area (Å²) in [5, 5.41) is 11.3. The number of aromatic nitrogens is 2. The number of amides is 1. The standard InChI is InChI=1S/C18H16BrN3O2S/c1-11-4-3-5-13(8-11)17-21-22-18(24-17)25-10-16(23)20-14-6-7-15(19)12(2)9-14/h3-9H,10H2,1-2H3,(H,20,23). The highest BCUT2D eigenvalue weighted by atomic mass is 79.9. The molecule has 0 aliphatic heterocycles. The third-order valence-corrected chi connectivity index (χ3v) is 5.15. The van der Waals surface area contributed by atoms with Gasteiger partial charge in [0.25, 0.3) is 5.22 Å². The fraction of sp³-hybridized carbons (Fsp3) is 0.167. The molecule has 1 amide bonds. The number of hydrogen-bond donors (Lipinski definition) is 1. The molecule has 0 atom stereocenters. The molecule has 0 bridgehead atoms. The van der Waals surface area contributed by atoms with Crippen molar-refractivity contribution < 1.29 is 9.21 Å². The quantitative estimate of drug-likeness (QED) is 0.601. The van der Waals surface area contributed by atoms with Crippen LogP contribution in [-0.4, -0.2) is 21.9 Å². The maximum absolute atomic E-state index is 12.1. The van der Waals surface area contributed by atoms with Crippen molar-refractivity contribution in [3.63, 3.8) is 0 Å². The van der Waals surface area contributed by atoms with Crippen molar-refractivity contribution in [2.24, 2.45) is 0 Å². The van der Waals surface area contributed by atoms with Gasteiger partial charge in [-0.05, 0) is 49.7 Å². The van der Waals surface area contributed by atoms with E-state index in [2.05, 4.69) is 31.4 Å². The van der Waals surface area contributed by atoms with Crippen molar-refractivity contribution >= 4 is 39.3 Å². The summed E-state index contributed by atoms with van der Waals surface area (Å²) in [6.07, 6.45) is 0. The number of nitrogens with zero attached hydrogens (tertiary/aromatic N) is 2. The molecule has 0 aliphatic carbocycles. The van der Waals surface area contributed by atoms with Crippen LogP contribution in [0.3, 0.4) is 0 Å². The minimum atomic E-state index is -0.123. The zero-order valence-corrected chi connectivity index (χ0v) is 16.1. The van der Waals surface area contributed by atoms with Gasteiger partial charge >= 0.3 is 0 Å². The first-order valence-electron chi connectivity index (χ1n) is 7.60. The van der Waals surface area contributed by atoms with Crippen LogP contribution in [0.2, 0.25) is 0 Å². The van der Waals surface area contributed by atoms with Crippen LogP contribution in [0.5, 0.6) is 0 Å². The summed E-state index contributed by atoms with van der Waals surface area (Å²) >= 11 is 4.65. The molecule has 3 rings (SSSR count). The number of carbonyl (C=O) groups is 1. The zero-order valence-electron chi connectivity index (χ0n) is 13.7. The molecule has 5 nitrogen and oxygen atoms in total. The van der Waals surface area contributed by atoms with Crippen LogP contribution < -0.4 is 5.32 Å². The molecule has 1 N–H and O–H groups in total. The second-order valence-corrected chi connectivity index (χ2v) is 7.32. The lowest BCUT2D eigenvalue weighted by molar-refractivity contribution is -0.113. The third kappa shape index (κ3) is 4.70. The van der Waals surface area contributed by atoms with Crippen molar-refractivity contribution in [2.75, 3.05) is 11.1 Å². The minimum absolute atomic E-state index is 0.123. The molecule has 0 spiro atoms. The highest BCUT2D eigenvalue weighted by molar-refractivity contribution is 9.10. The second-order valence-electron chi connectivity index (χ2n) is 5.54. The molecule has 0 unspecified atom stereocenters. The number of nitrogens with one attached hydrogen (secondary N) is 1. The van der Waals surface area contributed by atoms with Crippen LogP contribution >= 0.6 is 27.7 Å². The van der Waals surface area contributed by atoms with E-state index in [0.717, 1.165) is 26.9 Å². The van der Waals surface area contributed by atoms with Crippen molar-refractivity contribution in [3.05, 3.63) is 58.1 Å². The molecule has 7 heteroatoms. The predicted octanol–water partition coefficient (Wildman–Crippen LogP) is 4.85. The van der Waals surface area contributed by atoms with Crippen molar-refractivity contribution in [2.45, 2.75) is 19.1 Å². The number of thioether (sulfide) groups is 1. The summed E-state index contributed by atoms with van der Waals surface area (Å²) in [6.45, 7) is 3.98. The Kier molecular flexibility index (Phi) is 5.55. The Hall–Kier alpha value is -2.12. The first kappa shape index (κ1) is 17.7. The Morgan fingerprint density at radius 2 is 2.04 bits per heavy atom. The van der Waals surface area contributed by atoms with Gasteiger partial charge in [0.05, 0.1) is 5.75 Å². The third-order valence-electron chi connectivity index (χ3n) is 3.44. The maximum Gasteiger partial charge on any atom is 0.277 e. The molecular weight excluding hydrogens is 402 g/mol. The van der Waals surface area contributed by atoms with Crippen LogP contribution in [0.1, 0.15) is 11.1 Å². The molecule has 0 aliphatic rings. The van der Waals surface area contributed by atoms with Gasteiger partial charge in [-0.25, -0.2) is 0 Å². The molecule has 0 saturated heterocycles. The molecule has 1 heterocycles. The first-order chi connectivity index (χ1) is 12.0. The summed E-state index contributed by atoms with van der Waals surface area (Å²) < 4.78 is 6.62. The van der Waals surface area contributed by atoms with Gasteiger partial charge in [-0.1, -0.05) is 45.4 Å². The minimum Gasteiger partial charge on any atom is -0.411 e. The summed E-state index contributed by atoms with van der Waals surface area (Å²) in [5.41, 5.74) is 3.81. The van der Waals surface area contributed by atoms with Crippen molar-refractivity contribution in [1.82, 2.24) is 10.2 Å². The first-order valence-corrected chi connectivity index (χ1v) is 9.38. The van der Waals surface area contributed by atoms with E-state index >= 15 is 0 Å². The van der Waals surface area contributed by atoms with Gasteiger partial charge in [0.2, 0.25) is 11.8 Å². The van der Waals surface area contributed by atoms with E-state index in [0.29, 0.717) is 11.1 Å². The van der Waals surface area contributed by atoms with E-state index in [1.54, 1.807) is 0 Å². The van der Waals surface area contributed by atoms with E-state index in [1.165, 1.54) is 11.8 Å². The van der Waals surface area contributed by atoms with Gasteiger partial charge in [0.1, 0.15) is 0 Å². The molecule has 0 fully saturated rings. The largest absolute Gasteiger partial charge is 0.411 e. The Morgan fingerprint density at radius 1 is 1.20 bits per heavy atom. The number of carbonyl (C=O) groups excluding carboxylic acids is 1. The predicted molar refractivity (Wildman–Crippen MR) is 103 cm³/mol. The van der Waals surface area contributed by atoms with Gasteiger partial charge in [-0.2, -0.15) is 0 Å². The lowest BCUT2D eigenvalue weighted by atomic mass is 10.1. The average Bonchev–Trinajstić information content (AvgIpc) is 3.05. The number of aryl methyl sites for hydroxylation is 2. The number of hydrogen-bond acceptors (Lipinski definition) is 5. The van der Waals surface area contributed by atoms with Gasteiger partial charge in [0, 0.05) is 15.7 Å². The molecule has 2 aromatic carbocycles. The van der Waals surface area contributed by atoms with E-state index < -0.39 is 0 Å². The Balaban J connectivity index is 1.58. The van der Waals surface area contributed by atoms with Gasteiger partial charge in [-0.15, -0.1) is 10.2 Å². The normalized spacial score (nSPS) is 10.7. The van der Waals surface area contributed by atoms with Crippen molar-refractivity contribution in [3.8, 4) is 11.5 Å². The summed E-state index contributed by atoms with van der Waals surface area (Å²) in [4.78, 5) is 12.1. The van der Waals surface area contributed by atoms with Crippen LogP contribution in [0.25, 0.3) is 11.5 Å². The highest BCUT2D eigenvalue weighted by Gasteiger charge is 2.11. The molecule has 3 aromatic rings. The molecule has 25 heavy (non-hydrogen) atoms. The second kappa shape index (κ2) is 7.84. The summed E-state index contributed by atoms with van der Waals surface area (Å²) in [7, 11) is 0. The van der Waals surface area contributed by atoms with E-state index in [4.69, 9.17) is 4.42 Å². The SMILES string of the molecule is Cc1cccc(-c2nnc(SCC(=O)Nc3ccc(Br)c(C)c3)o2)c1. The van der Waals surface area contributed by atoms with Crippen molar-refractivity contribution in [1.29, 1.82) is 0 Å². The lowest BCUT2D eigenvalue weighted by Crippen LogP contribution is -2.14. The smallest absolute Gasteiger partial charge is 0.277 e. The van der Waals surface area contributed by atoms with Crippen LogP contribution in [0.4, 0.5) is 5.69 Å². The van der Waals surface area contributed by atoms with Gasteiger partial charge < -0.3 is 9.73 Å². The molecule has 128 valence electrons. The topological polar surface area (TPSA) is 68.0 Å². The van der Waals surface area contributed by atoms with E-state index in [-0.39, 0.29) is 11.7 Å². The maximum atomic E-state index is 12.1. The summed E-state index contributed by atoms with van der Waals surface area (Å²) in [5.74, 6) is 0.530. The molecule has 0 saturated carbocycles. The molecular formula is C18H16BrN3O2S. The number of rotatable bonds is 5. The molecule has 0 radical (unpaired) electrons. The zero-order chi connectivity index (χ0) is 17.8. The average molecular weight is 418 g/mol. The monoisotopic (exact) mass is 417 g/mol. The van der Waals surface area contributed by atoms with Crippen LogP contribution in [-0.2, 0) is 4.79 Å². The highest BCUT2D eigenvalue weighted by Crippen LogP contribution is 2.24. The van der Waals surface area contributed by atoms with Gasteiger partial charge in [-0.3, -0.25) is 4.79 Å². The summed E-state index contributed by atoms with van der Waals surface area (Å²) in [6, 6.07) is 13.5. The Labute approximate surface area is 158 Å². The lowest BCUT2D eigenvalue weighted by Gasteiger charge is -2.06. The van der Waals surface area contributed by atoms with E-state index in [9.17, 15) is 4.79 Å². The fourth-order valence-corrected chi connectivity index (χ4v) is 3.02. The van der Waals surface area contributed by atoms with Crippen LogP contribution in [0.15, 0.2) is 56.6 Å². The molecule has 1 aromatic heterocycles. The Morgan fingerprint density at radius 3 is 2.80 bits per heavy atom. The fourth-order valence-electron chi connectivity index (χ4n) is 2.21. The number of benzene rings is 2. The number of halogens is 1. The Bertz CT molecular complexity index is 911. The van der Waals surface area contributed by atoms with Gasteiger partial charge in [0.15, 0.2) is 0 Å².